The van der Waals surface area contributed by atoms with E-state index in [9.17, 15) is 14.9 Å². The standard InChI is InChI=1S/C13H17N3O3/c1-3-14-12-10(5-4-6-11(12)16(18)19)13(17)15(2)9-7-8-9/h4-6,9,14H,3,7-8H2,1-2H3. The number of amides is 1. The van der Waals surface area contributed by atoms with Crippen molar-refractivity contribution in [3.8, 4) is 0 Å². The van der Waals surface area contributed by atoms with Gasteiger partial charge < -0.3 is 10.2 Å². The van der Waals surface area contributed by atoms with Crippen LogP contribution in [0, 0.1) is 10.1 Å². The number of nitro groups is 1. The second-order valence-electron chi connectivity index (χ2n) is 4.63. The van der Waals surface area contributed by atoms with Gasteiger partial charge in [0.25, 0.3) is 11.6 Å². The minimum atomic E-state index is -0.466. The van der Waals surface area contributed by atoms with Crippen LogP contribution in [-0.4, -0.2) is 35.4 Å². The van der Waals surface area contributed by atoms with Gasteiger partial charge in [0.15, 0.2) is 0 Å². The molecule has 102 valence electrons. The maximum absolute atomic E-state index is 12.4. The molecule has 1 aromatic carbocycles. The first-order chi connectivity index (χ1) is 9.06. The zero-order valence-corrected chi connectivity index (χ0v) is 11.0. The van der Waals surface area contributed by atoms with Gasteiger partial charge in [0.05, 0.1) is 10.5 Å². The number of carbonyl (C=O) groups is 1. The average molecular weight is 263 g/mol. The van der Waals surface area contributed by atoms with Gasteiger partial charge in [-0.25, -0.2) is 0 Å². The Bertz CT molecular complexity index is 512. The fraction of sp³-hybridized carbons (Fsp3) is 0.462. The summed E-state index contributed by atoms with van der Waals surface area (Å²) in [5, 5.41) is 14.0. The third kappa shape index (κ3) is 2.67. The lowest BCUT2D eigenvalue weighted by molar-refractivity contribution is -0.384. The largest absolute Gasteiger partial charge is 0.379 e. The minimum absolute atomic E-state index is 0.0584. The van der Waals surface area contributed by atoms with Gasteiger partial charge in [-0.1, -0.05) is 6.07 Å². The predicted molar refractivity (Wildman–Crippen MR) is 72.4 cm³/mol. The third-order valence-corrected chi connectivity index (χ3v) is 3.24. The van der Waals surface area contributed by atoms with Gasteiger partial charge in [-0.2, -0.15) is 0 Å². The van der Waals surface area contributed by atoms with E-state index >= 15 is 0 Å². The molecule has 0 spiro atoms. The zero-order valence-electron chi connectivity index (χ0n) is 11.0. The molecule has 1 aromatic rings. The van der Waals surface area contributed by atoms with E-state index in [1.165, 1.54) is 6.07 Å². The number of para-hydroxylation sites is 1. The second-order valence-corrected chi connectivity index (χ2v) is 4.63. The fourth-order valence-corrected chi connectivity index (χ4v) is 2.05. The van der Waals surface area contributed by atoms with E-state index in [1.54, 1.807) is 24.1 Å². The van der Waals surface area contributed by atoms with Gasteiger partial charge in [0.2, 0.25) is 0 Å². The first-order valence-corrected chi connectivity index (χ1v) is 6.34. The van der Waals surface area contributed by atoms with Crippen LogP contribution in [0.1, 0.15) is 30.1 Å². The maximum Gasteiger partial charge on any atom is 0.293 e. The van der Waals surface area contributed by atoms with Crippen molar-refractivity contribution in [2.45, 2.75) is 25.8 Å². The minimum Gasteiger partial charge on any atom is -0.379 e. The number of nitro benzene ring substituents is 1. The summed E-state index contributed by atoms with van der Waals surface area (Å²) in [6.07, 6.45) is 2.02. The molecular formula is C13H17N3O3. The summed E-state index contributed by atoms with van der Waals surface area (Å²) in [5.41, 5.74) is 0.620. The van der Waals surface area contributed by atoms with E-state index in [0.717, 1.165) is 12.8 Å². The molecule has 0 atom stereocenters. The summed E-state index contributed by atoms with van der Waals surface area (Å²) in [5.74, 6) is -0.165. The molecule has 0 saturated heterocycles. The van der Waals surface area contributed by atoms with Crippen LogP contribution in [-0.2, 0) is 0 Å². The summed E-state index contributed by atoms with van der Waals surface area (Å²) < 4.78 is 0. The van der Waals surface area contributed by atoms with E-state index in [0.29, 0.717) is 17.8 Å². The highest BCUT2D eigenvalue weighted by atomic mass is 16.6. The smallest absolute Gasteiger partial charge is 0.293 e. The van der Waals surface area contributed by atoms with Crippen molar-refractivity contribution in [2.24, 2.45) is 0 Å². The summed E-state index contributed by atoms with van der Waals surface area (Å²) in [6, 6.07) is 4.87. The van der Waals surface area contributed by atoms with E-state index in [2.05, 4.69) is 5.32 Å². The number of nitrogens with one attached hydrogen (secondary N) is 1. The molecular weight excluding hydrogens is 246 g/mol. The van der Waals surface area contributed by atoms with Crippen LogP contribution in [0.4, 0.5) is 11.4 Å². The van der Waals surface area contributed by atoms with Crippen LogP contribution in [0.2, 0.25) is 0 Å². The second kappa shape index (κ2) is 5.26. The van der Waals surface area contributed by atoms with E-state index < -0.39 is 4.92 Å². The number of hydrogen-bond donors (Lipinski definition) is 1. The highest BCUT2D eigenvalue weighted by Gasteiger charge is 2.32. The molecule has 0 aliphatic heterocycles. The topological polar surface area (TPSA) is 75.5 Å². The summed E-state index contributed by atoms with van der Waals surface area (Å²) in [4.78, 5) is 24.6. The van der Waals surface area contributed by atoms with Crippen molar-refractivity contribution >= 4 is 17.3 Å². The lowest BCUT2D eigenvalue weighted by Crippen LogP contribution is -2.29. The third-order valence-electron chi connectivity index (χ3n) is 3.24. The quantitative estimate of drug-likeness (QED) is 0.653. The van der Waals surface area contributed by atoms with Crippen LogP contribution in [0.25, 0.3) is 0 Å². The molecule has 6 heteroatoms. The Hall–Kier alpha value is -2.11. The van der Waals surface area contributed by atoms with Gasteiger partial charge in [-0.3, -0.25) is 14.9 Å². The van der Waals surface area contributed by atoms with Gasteiger partial charge in [0.1, 0.15) is 5.69 Å². The maximum atomic E-state index is 12.4. The highest BCUT2D eigenvalue weighted by molar-refractivity contribution is 6.01. The van der Waals surface area contributed by atoms with Gasteiger partial charge in [0, 0.05) is 25.7 Å². The molecule has 1 amide bonds. The number of carbonyl (C=O) groups excluding carboxylic acids is 1. The number of rotatable bonds is 5. The first kappa shape index (κ1) is 13.3. The van der Waals surface area contributed by atoms with Crippen LogP contribution < -0.4 is 5.32 Å². The number of benzene rings is 1. The highest BCUT2D eigenvalue weighted by Crippen LogP contribution is 2.32. The van der Waals surface area contributed by atoms with Crippen molar-refractivity contribution in [2.75, 3.05) is 18.9 Å². The monoisotopic (exact) mass is 263 g/mol. The molecule has 1 aliphatic carbocycles. The van der Waals surface area contributed by atoms with Crippen LogP contribution in [0.5, 0.6) is 0 Å². The van der Waals surface area contributed by atoms with Gasteiger partial charge in [-0.05, 0) is 25.8 Å². The van der Waals surface area contributed by atoms with Crippen molar-refractivity contribution in [3.05, 3.63) is 33.9 Å². The molecule has 0 aromatic heterocycles. The SMILES string of the molecule is CCNc1c(C(=O)N(C)C2CC2)cccc1[N+](=O)[O-]. The Balaban J connectivity index is 2.40. The Morgan fingerprint density at radius 1 is 1.53 bits per heavy atom. The van der Waals surface area contributed by atoms with Crippen molar-refractivity contribution < 1.29 is 9.72 Å². The molecule has 0 radical (unpaired) electrons. The Morgan fingerprint density at radius 2 is 2.21 bits per heavy atom. The van der Waals surface area contributed by atoms with Gasteiger partial charge >= 0.3 is 0 Å². The van der Waals surface area contributed by atoms with Crippen LogP contribution in [0.15, 0.2) is 18.2 Å². The molecule has 6 nitrogen and oxygen atoms in total. The molecule has 0 bridgehead atoms. The Labute approximate surface area is 111 Å². The molecule has 2 rings (SSSR count). The Morgan fingerprint density at radius 3 is 2.74 bits per heavy atom. The van der Waals surface area contributed by atoms with E-state index in [-0.39, 0.29) is 17.6 Å². The van der Waals surface area contributed by atoms with E-state index in [4.69, 9.17) is 0 Å². The van der Waals surface area contributed by atoms with Crippen molar-refractivity contribution in [1.82, 2.24) is 4.90 Å². The lowest BCUT2D eigenvalue weighted by atomic mass is 10.1. The summed E-state index contributed by atoms with van der Waals surface area (Å²) in [7, 11) is 1.74. The fourth-order valence-electron chi connectivity index (χ4n) is 2.05. The number of anilines is 1. The molecule has 1 saturated carbocycles. The number of hydrogen-bond acceptors (Lipinski definition) is 4. The molecule has 1 fully saturated rings. The molecule has 0 unspecified atom stereocenters. The predicted octanol–water partition coefficient (Wildman–Crippen LogP) is 2.26. The van der Waals surface area contributed by atoms with Crippen molar-refractivity contribution in [1.29, 1.82) is 0 Å². The zero-order chi connectivity index (χ0) is 14.0. The molecule has 0 heterocycles. The summed E-state index contributed by atoms with van der Waals surface area (Å²) >= 11 is 0. The molecule has 1 aliphatic rings. The van der Waals surface area contributed by atoms with Gasteiger partial charge in [-0.15, -0.1) is 0 Å². The lowest BCUT2D eigenvalue weighted by Gasteiger charge is -2.18. The average Bonchev–Trinajstić information content (AvgIpc) is 3.21. The van der Waals surface area contributed by atoms with Crippen LogP contribution in [0.3, 0.4) is 0 Å². The molecule has 19 heavy (non-hydrogen) atoms. The van der Waals surface area contributed by atoms with E-state index in [1.807, 2.05) is 6.92 Å². The number of nitrogens with zero attached hydrogens (tertiary/aromatic N) is 2. The van der Waals surface area contributed by atoms with Crippen LogP contribution >= 0.6 is 0 Å². The summed E-state index contributed by atoms with van der Waals surface area (Å²) in [6.45, 7) is 2.37. The van der Waals surface area contributed by atoms with Crippen molar-refractivity contribution in [3.63, 3.8) is 0 Å². The Kier molecular flexibility index (Phi) is 3.69. The first-order valence-electron chi connectivity index (χ1n) is 6.34. The normalized spacial score (nSPS) is 14.0. The molecule has 1 N–H and O–H groups in total.